The molecule has 1 aromatic carbocycles. The topological polar surface area (TPSA) is 92.5 Å². The molecule has 2 heterocycles. The molecular formula is C19H24ClN3O4S. The fourth-order valence-corrected chi connectivity index (χ4v) is 5.19. The Kier molecular flexibility index (Phi) is 5.37. The summed E-state index contributed by atoms with van der Waals surface area (Å²) in [5.41, 5.74) is 1.51. The summed E-state index contributed by atoms with van der Waals surface area (Å²) in [6, 6.07) is 5.55. The number of carbonyl (C=O) groups is 1. The Balaban J connectivity index is 1.31. The van der Waals surface area contributed by atoms with Crippen LogP contribution in [0.25, 0.3) is 11.1 Å². The first-order chi connectivity index (χ1) is 13.3. The average molecular weight is 426 g/mol. The van der Waals surface area contributed by atoms with Gasteiger partial charge in [-0.3, -0.25) is 4.79 Å². The first-order valence-electron chi connectivity index (χ1n) is 9.61. The van der Waals surface area contributed by atoms with Crippen molar-refractivity contribution in [3.05, 3.63) is 29.1 Å². The van der Waals surface area contributed by atoms with Gasteiger partial charge in [-0.1, -0.05) is 11.6 Å². The number of nitrogens with one attached hydrogen (secondary N) is 1. The van der Waals surface area contributed by atoms with Gasteiger partial charge in [0.15, 0.2) is 11.5 Å². The molecule has 2 aromatic rings. The van der Waals surface area contributed by atoms with Crippen LogP contribution in [0.3, 0.4) is 0 Å². The van der Waals surface area contributed by atoms with E-state index in [1.807, 2.05) is 6.07 Å². The van der Waals surface area contributed by atoms with Crippen molar-refractivity contribution in [2.24, 2.45) is 5.92 Å². The molecule has 1 saturated heterocycles. The maximum atomic E-state index is 12.5. The number of fused-ring (bicyclic) bond motifs is 1. The summed E-state index contributed by atoms with van der Waals surface area (Å²) in [6.45, 7) is 0.705. The number of hydrogen-bond acceptors (Lipinski definition) is 5. The minimum atomic E-state index is -3.23. The standard InChI is InChI=1S/C19H24ClN3O4S/c1-28(25,26)23-9-8-13(11-23)18(24)21-15-5-2-12(3-6-15)19-22-16-10-14(20)4-7-17(16)27-19/h4,7,10,12-13,15H,2-3,5-6,8-9,11H2,1H3,(H,21,24). The van der Waals surface area contributed by atoms with Crippen molar-refractivity contribution in [3.8, 4) is 0 Å². The Bertz CT molecular complexity index is 982. The fraction of sp³-hybridized carbons (Fsp3) is 0.579. The zero-order chi connectivity index (χ0) is 19.9. The summed E-state index contributed by atoms with van der Waals surface area (Å²) in [5.74, 6) is 0.688. The minimum Gasteiger partial charge on any atom is -0.440 e. The van der Waals surface area contributed by atoms with Crippen LogP contribution in [0.5, 0.6) is 0 Å². The van der Waals surface area contributed by atoms with E-state index in [4.69, 9.17) is 16.0 Å². The van der Waals surface area contributed by atoms with Crippen LogP contribution < -0.4 is 5.32 Å². The number of nitrogens with zero attached hydrogens (tertiary/aromatic N) is 2. The van der Waals surface area contributed by atoms with Crippen LogP contribution in [-0.2, 0) is 14.8 Å². The number of rotatable bonds is 4. The largest absolute Gasteiger partial charge is 0.440 e. The lowest BCUT2D eigenvalue weighted by Gasteiger charge is -2.28. The van der Waals surface area contributed by atoms with Crippen molar-refractivity contribution >= 4 is 38.6 Å². The number of oxazole rings is 1. The van der Waals surface area contributed by atoms with Crippen LogP contribution in [0.2, 0.25) is 5.02 Å². The van der Waals surface area contributed by atoms with Crippen molar-refractivity contribution in [1.82, 2.24) is 14.6 Å². The number of carbonyl (C=O) groups excluding carboxylic acids is 1. The molecular weight excluding hydrogens is 402 g/mol. The smallest absolute Gasteiger partial charge is 0.224 e. The lowest BCUT2D eigenvalue weighted by molar-refractivity contribution is -0.125. The summed E-state index contributed by atoms with van der Waals surface area (Å²) in [4.78, 5) is 17.1. The van der Waals surface area contributed by atoms with Crippen molar-refractivity contribution in [2.45, 2.75) is 44.1 Å². The molecule has 9 heteroatoms. The van der Waals surface area contributed by atoms with E-state index in [1.165, 1.54) is 10.6 Å². The summed E-state index contributed by atoms with van der Waals surface area (Å²) in [5, 5.41) is 3.75. The van der Waals surface area contributed by atoms with Gasteiger partial charge in [0.25, 0.3) is 0 Å². The highest BCUT2D eigenvalue weighted by atomic mass is 35.5. The van der Waals surface area contributed by atoms with E-state index >= 15 is 0 Å². The van der Waals surface area contributed by atoms with E-state index in [-0.39, 0.29) is 30.3 Å². The molecule has 1 N–H and O–H groups in total. The molecule has 28 heavy (non-hydrogen) atoms. The van der Waals surface area contributed by atoms with E-state index in [0.29, 0.717) is 18.0 Å². The van der Waals surface area contributed by atoms with E-state index < -0.39 is 10.0 Å². The summed E-state index contributed by atoms with van der Waals surface area (Å²) >= 11 is 6.01. The van der Waals surface area contributed by atoms with Gasteiger partial charge < -0.3 is 9.73 Å². The third-order valence-corrected chi connectivity index (χ3v) is 7.28. The van der Waals surface area contributed by atoms with Gasteiger partial charge in [0.2, 0.25) is 15.9 Å². The molecule has 1 atom stereocenters. The summed E-state index contributed by atoms with van der Waals surface area (Å²) in [7, 11) is -3.23. The molecule has 1 aliphatic carbocycles. The molecule has 7 nitrogen and oxygen atoms in total. The Labute approximate surface area is 169 Å². The van der Waals surface area contributed by atoms with Crippen molar-refractivity contribution in [2.75, 3.05) is 19.3 Å². The van der Waals surface area contributed by atoms with Crippen LogP contribution in [0.1, 0.15) is 43.9 Å². The third kappa shape index (κ3) is 4.18. The highest BCUT2D eigenvalue weighted by molar-refractivity contribution is 7.88. The molecule has 152 valence electrons. The van der Waals surface area contributed by atoms with Crippen LogP contribution in [-0.4, -0.2) is 49.0 Å². The molecule has 0 bridgehead atoms. The van der Waals surface area contributed by atoms with E-state index in [2.05, 4.69) is 10.3 Å². The number of sulfonamides is 1. The Morgan fingerprint density at radius 2 is 2.00 bits per heavy atom. The Morgan fingerprint density at radius 3 is 2.68 bits per heavy atom. The average Bonchev–Trinajstić information content (AvgIpc) is 3.29. The third-order valence-electron chi connectivity index (χ3n) is 5.78. The van der Waals surface area contributed by atoms with Gasteiger partial charge >= 0.3 is 0 Å². The van der Waals surface area contributed by atoms with Gasteiger partial charge in [-0.15, -0.1) is 0 Å². The molecule has 1 unspecified atom stereocenters. The van der Waals surface area contributed by atoms with Gasteiger partial charge in [0.05, 0.1) is 12.2 Å². The van der Waals surface area contributed by atoms with Crippen molar-refractivity contribution < 1.29 is 17.6 Å². The molecule has 1 amide bonds. The van der Waals surface area contributed by atoms with Crippen LogP contribution >= 0.6 is 11.6 Å². The molecule has 2 fully saturated rings. The zero-order valence-electron chi connectivity index (χ0n) is 15.7. The lowest BCUT2D eigenvalue weighted by Crippen LogP contribution is -2.41. The molecule has 2 aliphatic rings. The normalized spacial score (nSPS) is 26.6. The zero-order valence-corrected chi connectivity index (χ0v) is 17.3. The van der Waals surface area contributed by atoms with Crippen LogP contribution in [0, 0.1) is 5.92 Å². The van der Waals surface area contributed by atoms with Gasteiger partial charge in [0, 0.05) is 30.1 Å². The minimum absolute atomic E-state index is 0.0360. The highest BCUT2D eigenvalue weighted by Gasteiger charge is 2.34. The van der Waals surface area contributed by atoms with Gasteiger partial charge in [-0.25, -0.2) is 17.7 Å². The molecule has 1 aliphatic heterocycles. The molecule has 4 rings (SSSR count). The summed E-state index contributed by atoms with van der Waals surface area (Å²) < 4.78 is 30.5. The van der Waals surface area contributed by atoms with E-state index in [9.17, 15) is 13.2 Å². The van der Waals surface area contributed by atoms with E-state index in [1.54, 1.807) is 12.1 Å². The second-order valence-electron chi connectivity index (χ2n) is 7.83. The number of benzene rings is 1. The molecule has 1 aromatic heterocycles. The second-order valence-corrected chi connectivity index (χ2v) is 10.2. The number of hydrogen-bond donors (Lipinski definition) is 1. The first kappa shape index (κ1) is 19.7. The maximum Gasteiger partial charge on any atom is 0.224 e. The molecule has 1 saturated carbocycles. The van der Waals surface area contributed by atoms with Crippen molar-refractivity contribution in [3.63, 3.8) is 0 Å². The Hall–Kier alpha value is -1.64. The van der Waals surface area contributed by atoms with Crippen LogP contribution in [0.15, 0.2) is 22.6 Å². The van der Waals surface area contributed by atoms with Crippen molar-refractivity contribution in [1.29, 1.82) is 0 Å². The number of halogens is 1. The predicted molar refractivity (Wildman–Crippen MR) is 107 cm³/mol. The molecule has 0 radical (unpaired) electrons. The van der Waals surface area contributed by atoms with Gasteiger partial charge in [0.1, 0.15) is 5.52 Å². The predicted octanol–water partition coefficient (Wildman–Crippen LogP) is 2.91. The first-order valence-corrected chi connectivity index (χ1v) is 11.8. The quantitative estimate of drug-likeness (QED) is 0.812. The van der Waals surface area contributed by atoms with Gasteiger partial charge in [-0.05, 0) is 50.3 Å². The van der Waals surface area contributed by atoms with E-state index in [0.717, 1.165) is 42.7 Å². The lowest BCUT2D eigenvalue weighted by atomic mass is 9.85. The molecule has 0 spiro atoms. The van der Waals surface area contributed by atoms with Crippen LogP contribution in [0.4, 0.5) is 0 Å². The Morgan fingerprint density at radius 1 is 1.25 bits per heavy atom. The SMILES string of the molecule is CS(=O)(=O)N1CCC(C(=O)NC2CCC(c3nc4cc(Cl)ccc4o3)CC2)C1. The monoisotopic (exact) mass is 425 g/mol. The number of amides is 1. The number of aromatic nitrogens is 1. The summed E-state index contributed by atoms with van der Waals surface area (Å²) in [6.07, 6.45) is 5.28. The van der Waals surface area contributed by atoms with Gasteiger partial charge in [-0.2, -0.15) is 0 Å². The fourth-order valence-electron chi connectivity index (χ4n) is 4.14. The highest BCUT2D eigenvalue weighted by Crippen LogP contribution is 2.34. The maximum absolute atomic E-state index is 12.5. The second kappa shape index (κ2) is 7.65.